The molecule has 0 bridgehead atoms. The summed E-state index contributed by atoms with van der Waals surface area (Å²) in [5.41, 5.74) is 0. The molecule has 25 valence electrons. The van der Waals surface area contributed by atoms with Crippen LogP contribution in [0.1, 0.15) is 7.43 Å². The SMILES string of the molecule is C.[Fe].[Ti].[V]. The number of hydrogen-bond acceptors (Lipinski definition) is 0. The average Bonchev–Trinajstić information content (AvgIpc) is 0. The Morgan fingerprint density at radius 3 is 1.00 bits per heavy atom. The van der Waals surface area contributed by atoms with Gasteiger partial charge in [0.2, 0.25) is 0 Å². The van der Waals surface area contributed by atoms with Crippen LogP contribution in [0.2, 0.25) is 0 Å². The van der Waals surface area contributed by atoms with Crippen molar-refractivity contribution in [1.29, 1.82) is 0 Å². The van der Waals surface area contributed by atoms with Crippen LogP contribution in [0, 0.1) is 0 Å². The topological polar surface area (TPSA) is 0 Å². The fourth-order valence-electron chi connectivity index (χ4n) is 0. The summed E-state index contributed by atoms with van der Waals surface area (Å²) in [6.45, 7) is 0. The minimum atomic E-state index is 0. The van der Waals surface area contributed by atoms with Gasteiger partial charge in [0.15, 0.2) is 0 Å². The predicted molar refractivity (Wildman–Crippen MR) is 6.73 cm³/mol. The van der Waals surface area contributed by atoms with Crippen molar-refractivity contribution in [3.63, 3.8) is 0 Å². The van der Waals surface area contributed by atoms with Crippen molar-refractivity contribution in [2.45, 2.75) is 7.43 Å². The monoisotopic (exact) mass is 171 g/mol. The van der Waals surface area contributed by atoms with Crippen molar-refractivity contribution in [2.24, 2.45) is 0 Å². The molecule has 0 unspecified atom stereocenters. The van der Waals surface area contributed by atoms with Crippen molar-refractivity contribution >= 4 is 0 Å². The molecule has 3 heteroatoms. The van der Waals surface area contributed by atoms with Gasteiger partial charge in [-0.05, 0) is 0 Å². The largest absolute Gasteiger partial charge is 0.0776 e. The summed E-state index contributed by atoms with van der Waals surface area (Å²) in [4.78, 5) is 0. The molecule has 0 amide bonds. The van der Waals surface area contributed by atoms with E-state index in [1.54, 1.807) is 0 Å². The van der Waals surface area contributed by atoms with Crippen LogP contribution in [0.4, 0.5) is 0 Å². The first-order valence-corrected chi connectivity index (χ1v) is 0. The Hall–Kier alpha value is 1.82. The Balaban J connectivity index is 0. The maximum absolute atomic E-state index is 0. The Labute approximate surface area is 64.3 Å². The summed E-state index contributed by atoms with van der Waals surface area (Å²) in [6, 6.07) is 0. The van der Waals surface area contributed by atoms with Crippen LogP contribution in [0.5, 0.6) is 0 Å². The van der Waals surface area contributed by atoms with Gasteiger partial charge in [-0.3, -0.25) is 0 Å². The van der Waals surface area contributed by atoms with Crippen LogP contribution < -0.4 is 0 Å². The Morgan fingerprint density at radius 1 is 1.00 bits per heavy atom. The molecule has 0 nitrogen and oxygen atoms in total. The second-order valence-corrected chi connectivity index (χ2v) is 0. The van der Waals surface area contributed by atoms with Gasteiger partial charge in [0, 0.05) is 57.3 Å². The molecule has 0 aliphatic rings. The van der Waals surface area contributed by atoms with Crippen LogP contribution in [-0.2, 0) is 57.3 Å². The molecular formula is CH4FeTiV. The predicted octanol–water partition coefficient (Wildman–Crippen LogP) is 0.629. The average molecular weight is 171 g/mol. The quantitative estimate of drug-likeness (QED) is 0.468. The van der Waals surface area contributed by atoms with Crippen molar-refractivity contribution in [3.05, 3.63) is 0 Å². The standard InChI is InChI=1S/CH4.Fe.Ti.V/h1H4;;;. The van der Waals surface area contributed by atoms with Crippen molar-refractivity contribution in [1.82, 2.24) is 0 Å². The molecule has 0 aromatic carbocycles. The van der Waals surface area contributed by atoms with Gasteiger partial charge in [-0.2, -0.15) is 0 Å². The zero-order valence-corrected chi connectivity index (χ0v) is 5.36. The summed E-state index contributed by atoms with van der Waals surface area (Å²) >= 11 is 0. The van der Waals surface area contributed by atoms with Gasteiger partial charge in [-0.1, -0.05) is 7.43 Å². The van der Waals surface area contributed by atoms with Gasteiger partial charge in [0.1, 0.15) is 0 Å². The van der Waals surface area contributed by atoms with E-state index >= 15 is 0 Å². The molecule has 0 heterocycles. The van der Waals surface area contributed by atoms with E-state index in [1.165, 1.54) is 0 Å². The van der Waals surface area contributed by atoms with E-state index in [-0.39, 0.29) is 64.8 Å². The van der Waals surface area contributed by atoms with Crippen LogP contribution in [0.15, 0.2) is 0 Å². The second kappa shape index (κ2) is 21.2. The van der Waals surface area contributed by atoms with Crippen LogP contribution >= 0.6 is 0 Å². The van der Waals surface area contributed by atoms with E-state index in [4.69, 9.17) is 0 Å². The first-order chi connectivity index (χ1) is 0. The molecule has 0 rings (SSSR count). The minimum absolute atomic E-state index is 0. The first kappa shape index (κ1) is 40.9. The van der Waals surface area contributed by atoms with E-state index in [1.807, 2.05) is 0 Å². The van der Waals surface area contributed by atoms with Crippen LogP contribution in [0.3, 0.4) is 0 Å². The molecule has 1 radical (unpaired) electrons. The van der Waals surface area contributed by atoms with Gasteiger partial charge < -0.3 is 0 Å². The maximum Gasteiger partial charge on any atom is 0 e. The zero-order chi connectivity index (χ0) is 0. The van der Waals surface area contributed by atoms with Crippen LogP contribution in [0.25, 0.3) is 0 Å². The number of hydrogen-bond donors (Lipinski definition) is 0. The van der Waals surface area contributed by atoms with Crippen LogP contribution in [-0.4, -0.2) is 0 Å². The third kappa shape index (κ3) is 9.17. The Kier molecular flexibility index (Phi) is 217. The van der Waals surface area contributed by atoms with E-state index < -0.39 is 0 Å². The molecule has 0 aromatic heterocycles. The molecule has 0 saturated carbocycles. The van der Waals surface area contributed by atoms with Crippen molar-refractivity contribution in [3.8, 4) is 0 Å². The molecule has 0 aromatic rings. The fourth-order valence-corrected chi connectivity index (χ4v) is 0. The summed E-state index contributed by atoms with van der Waals surface area (Å²) in [5.74, 6) is 0. The molecule has 4 heavy (non-hydrogen) atoms. The maximum atomic E-state index is 0. The molecule has 0 spiro atoms. The third-order valence-corrected chi connectivity index (χ3v) is 0. The molecule has 0 atom stereocenters. The summed E-state index contributed by atoms with van der Waals surface area (Å²) in [6.07, 6.45) is 0. The second-order valence-electron chi connectivity index (χ2n) is 0. The molecule has 0 saturated heterocycles. The summed E-state index contributed by atoms with van der Waals surface area (Å²) in [5, 5.41) is 0. The summed E-state index contributed by atoms with van der Waals surface area (Å²) < 4.78 is 0. The van der Waals surface area contributed by atoms with Gasteiger partial charge in [0.05, 0.1) is 0 Å². The van der Waals surface area contributed by atoms with E-state index in [0.717, 1.165) is 0 Å². The third-order valence-electron chi connectivity index (χ3n) is 0. The number of rotatable bonds is 0. The molecule has 0 aliphatic heterocycles. The van der Waals surface area contributed by atoms with E-state index in [0.29, 0.717) is 0 Å². The van der Waals surface area contributed by atoms with Gasteiger partial charge in [-0.25, -0.2) is 0 Å². The van der Waals surface area contributed by atoms with Gasteiger partial charge in [0.25, 0.3) is 0 Å². The Bertz CT molecular complexity index is 8.00. The van der Waals surface area contributed by atoms with Gasteiger partial charge >= 0.3 is 0 Å². The molecule has 0 fully saturated rings. The molecular weight excluding hydrogens is 167 g/mol. The minimum Gasteiger partial charge on any atom is -0.0776 e. The summed E-state index contributed by atoms with van der Waals surface area (Å²) in [7, 11) is 0. The fraction of sp³-hybridized carbons (Fsp3) is 1.00. The van der Waals surface area contributed by atoms with Crippen molar-refractivity contribution < 1.29 is 57.3 Å². The molecule has 0 aliphatic carbocycles. The van der Waals surface area contributed by atoms with Crippen molar-refractivity contribution in [2.75, 3.05) is 0 Å². The smallest absolute Gasteiger partial charge is 0 e. The van der Waals surface area contributed by atoms with Gasteiger partial charge in [-0.15, -0.1) is 0 Å². The normalized spacial score (nSPS) is 0. The molecule has 0 N–H and O–H groups in total. The van der Waals surface area contributed by atoms with E-state index in [9.17, 15) is 0 Å². The zero-order valence-electron chi connectivity index (χ0n) is 1.30. The first-order valence-electron chi connectivity index (χ1n) is 0. The Morgan fingerprint density at radius 2 is 1.00 bits per heavy atom. The van der Waals surface area contributed by atoms with E-state index in [2.05, 4.69) is 0 Å².